The van der Waals surface area contributed by atoms with Gasteiger partial charge in [0.15, 0.2) is 0 Å². The van der Waals surface area contributed by atoms with E-state index < -0.39 is 11.5 Å². The Morgan fingerprint density at radius 2 is 2.24 bits per heavy atom. The van der Waals surface area contributed by atoms with E-state index >= 15 is 0 Å². The quantitative estimate of drug-likeness (QED) is 0.711. The Hall–Kier alpha value is -0.610. The number of hydrogen-bond acceptors (Lipinski definition) is 3. The Bertz CT molecular complexity index is 256. The molecule has 17 heavy (non-hydrogen) atoms. The average Bonchev–Trinajstić information content (AvgIpc) is 2.67. The van der Waals surface area contributed by atoms with Crippen molar-refractivity contribution in [2.24, 2.45) is 5.92 Å². The van der Waals surface area contributed by atoms with E-state index in [1.165, 1.54) is 0 Å². The molecule has 1 saturated carbocycles. The van der Waals surface area contributed by atoms with Gasteiger partial charge in [-0.25, -0.2) is 0 Å². The normalized spacial score (nSPS) is 28.8. The molecule has 4 heteroatoms. The van der Waals surface area contributed by atoms with E-state index in [1.807, 2.05) is 14.1 Å². The van der Waals surface area contributed by atoms with Crippen LogP contribution in [-0.2, 0) is 4.79 Å². The number of carboxylic acid groups (broad SMARTS) is 1. The number of nitrogens with zero attached hydrogens (tertiary/aromatic N) is 1. The highest BCUT2D eigenvalue weighted by Crippen LogP contribution is 2.38. The topological polar surface area (TPSA) is 52.6 Å². The minimum Gasteiger partial charge on any atom is -0.480 e. The van der Waals surface area contributed by atoms with E-state index in [9.17, 15) is 9.90 Å². The second kappa shape index (κ2) is 6.36. The Morgan fingerprint density at radius 3 is 2.76 bits per heavy atom. The molecule has 1 aliphatic rings. The van der Waals surface area contributed by atoms with Crippen LogP contribution >= 0.6 is 0 Å². The maximum absolute atomic E-state index is 11.6. The van der Waals surface area contributed by atoms with Crippen molar-refractivity contribution in [1.29, 1.82) is 0 Å². The standard InChI is InChI=1S/C13H26N2O2/c1-4-9-14-13(12(16)17)8-5-6-11(13)7-10-15(2)3/h11,14H,4-10H2,1-3H3,(H,16,17). The van der Waals surface area contributed by atoms with Gasteiger partial charge in [0.25, 0.3) is 0 Å². The molecule has 2 atom stereocenters. The lowest BCUT2D eigenvalue weighted by atomic mass is 9.84. The largest absolute Gasteiger partial charge is 0.480 e. The lowest BCUT2D eigenvalue weighted by molar-refractivity contribution is -0.146. The molecule has 0 aromatic rings. The number of hydrogen-bond donors (Lipinski definition) is 2. The summed E-state index contributed by atoms with van der Waals surface area (Å²) in [6.45, 7) is 3.84. The van der Waals surface area contributed by atoms with Gasteiger partial charge in [0.1, 0.15) is 5.54 Å². The van der Waals surface area contributed by atoms with Crippen molar-refractivity contribution in [1.82, 2.24) is 10.2 Å². The van der Waals surface area contributed by atoms with E-state index in [0.717, 1.165) is 45.2 Å². The average molecular weight is 242 g/mol. The zero-order valence-electron chi connectivity index (χ0n) is 11.3. The number of aliphatic carboxylic acids is 1. The molecule has 1 fully saturated rings. The van der Waals surface area contributed by atoms with Crippen LogP contribution in [0.4, 0.5) is 0 Å². The van der Waals surface area contributed by atoms with Gasteiger partial charge in [-0.05, 0) is 58.8 Å². The van der Waals surface area contributed by atoms with Crippen molar-refractivity contribution in [3.05, 3.63) is 0 Å². The van der Waals surface area contributed by atoms with Gasteiger partial charge in [0.05, 0.1) is 0 Å². The summed E-state index contributed by atoms with van der Waals surface area (Å²) in [6, 6.07) is 0. The summed E-state index contributed by atoms with van der Waals surface area (Å²) in [7, 11) is 4.08. The molecule has 1 rings (SSSR count). The zero-order valence-corrected chi connectivity index (χ0v) is 11.3. The van der Waals surface area contributed by atoms with Crippen LogP contribution < -0.4 is 5.32 Å². The number of carbonyl (C=O) groups is 1. The predicted molar refractivity (Wildman–Crippen MR) is 69.2 cm³/mol. The van der Waals surface area contributed by atoms with Crippen LogP contribution in [0.15, 0.2) is 0 Å². The molecular weight excluding hydrogens is 216 g/mol. The van der Waals surface area contributed by atoms with Gasteiger partial charge in [0, 0.05) is 0 Å². The van der Waals surface area contributed by atoms with Gasteiger partial charge >= 0.3 is 5.97 Å². The fraction of sp³-hybridized carbons (Fsp3) is 0.923. The van der Waals surface area contributed by atoms with Crippen LogP contribution in [0.2, 0.25) is 0 Å². The second-order valence-corrected chi connectivity index (χ2v) is 5.38. The van der Waals surface area contributed by atoms with Crippen LogP contribution in [0.3, 0.4) is 0 Å². The van der Waals surface area contributed by atoms with Crippen molar-refractivity contribution in [3.63, 3.8) is 0 Å². The lowest BCUT2D eigenvalue weighted by Gasteiger charge is -2.33. The Morgan fingerprint density at radius 1 is 1.53 bits per heavy atom. The molecule has 0 aromatic heterocycles. The Labute approximate surface area is 104 Å². The van der Waals surface area contributed by atoms with Crippen LogP contribution in [-0.4, -0.2) is 48.7 Å². The highest BCUT2D eigenvalue weighted by Gasteiger charge is 2.48. The third kappa shape index (κ3) is 3.42. The summed E-state index contributed by atoms with van der Waals surface area (Å²) >= 11 is 0. The van der Waals surface area contributed by atoms with Gasteiger partial charge in [0.2, 0.25) is 0 Å². The summed E-state index contributed by atoms with van der Waals surface area (Å²) in [4.78, 5) is 13.7. The van der Waals surface area contributed by atoms with Crippen LogP contribution in [0.1, 0.15) is 39.0 Å². The molecule has 0 aliphatic heterocycles. The SMILES string of the molecule is CCCNC1(C(=O)O)CCCC1CCN(C)C. The molecule has 2 unspecified atom stereocenters. The molecule has 0 bridgehead atoms. The zero-order chi connectivity index (χ0) is 12.9. The Kier molecular flexibility index (Phi) is 5.40. The number of nitrogens with one attached hydrogen (secondary N) is 1. The molecule has 4 nitrogen and oxygen atoms in total. The van der Waals surface area contributed by atoms with Crippen LogP contribution in [0.25, 0.3) is 0 Å². The van der Waals surface area contributed by atoms with Crippen LogP contribution in [0.5, 0.6) is 0 Å². The summed E-state index contributed by atoms with van der Waals surface area (Å²) in [6.07, 6.45) is 4.80. The summed E-state index contributed by atoms with van der Waals surface area (Å²) in [5.74, 6) is -0.388. The number of rotatable bonds is 7. The van der Waals surface area contributed by atoms with Gasteiger partial charge in [-0.15, -0.1) is 0 Å². The first-order valence-electron chi connectivity index (χ1n) is 6.66. The van der Waals surface area contributed by atoms with Crippen LogP contribution in [0, 0.1) is 5.92 Å². The monoisotopic (exact) mass is 242 g/mol. The van der Waals surface area contributed by atoms with Crippen molar-refractivity contribution in [2.75, 3.05) is 27.2 Å². The summed E-state index contributed by atoms with van der Waals surface area (Å²) in [5.41, 5.74) is -0.661. The third-order valence-corrected chi connectivity index (χ3v) is 3.82. The maximum atomic E-state index is 11.6. The molecular formula is C13H26N2O2. The van der Waals surface area contributed by atoms with Gasteiger partial charge in [-0.2, -0.15) is 0 Å². The molecule has 0 spiro atoms. The second-order valence-electron chi connectivity index (χ2n) is 5.38. The minimum absolute atomic E-state index is 0.272. The van der Waals surface area contributed by atoms with Crippen molar-refractivity contribution >= 4 is 5.97 Å². The maximum Gasteiger partial charge on any atom is 0.324 e. The molecule has 1 aliphatic carbocycles. The number of carboxylic acids is 1. The Balaban J connectivity index is 2.68. The fourth-order valence-electron chi connectivity index (χ4n) is 2.82. The molecule has 2 N–H and O–H groups in total. The predicted octanol–water partition coefficient (Wildman–Crippen LogP) is 1.56. The van der Waals surface area contributed by atoms with Crippen molar-refractivity contribution < 1.29 is 9.90 Å². The molecule has 0 heterocycles. The first-order chi connectivity index (χ1) is 8.03. The van der Waals surface area contributed by atoms with Gasteiger partial charge in [-0.1, -0.05) is 13.3 Å². The van der Waals surface area contributed by atoms with Gasteiger partial charge < -0.3 is 15.3 Å². The molecule has 0 aromatic carbocycles. The first-order valence-corrected chi connectivity index (χ1v) is 6.66. The summed E-state index contributed by atoms with van der Waals surface area (Å²) in [5, 5.41) is 12.8. The van der Waals surface area contributed by atoms with E-state index in [1.54, 1.807) is 0 Å². The molecule has 0 saturated heterocycles. The van der Waals surface area contributed by atoms with Gasteiger partial charge in [-0.3, -0.25) is 4.79 Å². The lowest BCUT2D eigenvalue weighted by Crippen LogP contribution is -2.55. The van der Waals surface area contributed by atoms with E-state index in [4.69, 9.17) is 0 Å². The molecule has 0 amide bonds. The van der Waals surface area contributed by atoms with E-state index in [2.05, 4.69) is 17.1 Å². The van der Waals surface area contributed by atoms with Crippen molar-refractivity contribution in [3.8, 4) is 0 Å². The third-order valence-electron chi connectivity index (χ3n) is 3.82. The highest BCUT2D eigenvalue weighted by molar-refractivity contribution is 5.79. The fourth-order valence-corrected chi connectivity index (χ4v) is 2.82. The minimum atomic E-state index is -0.661. The smallest absolute Gasteiger partial charge is 0.324 e. The summed E-state index contributed by atoms with van der Waals surface area (Å²) < 4.78 is 0. The van der Waals surface area contributed by atoms with E-state index in [0.29, 0.717) is 0 Å². The van der Waals surface area contributed by atoms with Crippen molar-refractivity contribution in [2.45, 2.75) is 44.6 Å². The van der Waals surface area contributed by atoms with E-state index in [-0.39, 0.29) is 5.92 Å². The molecule has 100 valence electrons. The first kappa shape index (κ1) is 14.5. The molecule has 0 radical (unpaired) electrons. The highest BCUT2D eigenvalue weighted by atomic mass is 16.4.